The molecule has 0 aliphatic carbocycles. The van der Waals surface area contributed by atoms with Gasteiger partial charge in [0, 0.05) is 0 Å². The second-order valence-electron chi connectivity index (χ2n) is 2.54. The number of carbonyl (C=O) groups excluding carboxylic acids is 1. The van der Waals surface area contributed by atoms with Gasteiger partial charge in [-0.25, -0.2) is 4.39 Å². The molecule has 1 rings (SSSR count). The van der Waals surface area contributed by atoms with Crippen molar-refractivity contribution in [3.63, 3.8) is 0 Å². The fourth-order valence-corrected chi connectivity index (χ4v) is 0.906. The monoisotopic (exact) mass is 182 g/mol. The highest BCUT2D eigenvalue weighted by atomic mass is 19.1. The molecule has 0 N–H and O–H groups in total. The summed E-state index contributed by atoms with van der Waals surface area (Å²) >= 11 is 0. The predicted molar refractivity (Wildman–Crippen MR) is 52.5 cm³/mol. The van der Waals surface area contributed by atoms with Gasteiger partial charge in [-0.15, -0.1) is 0 Å². The van der Waals surface area contributed by atoms with Crippen LogP contribution >= 0.6 is 0 Å². The molecule has 0 spiro atoms. The number of ketones is 1. The SMILES string of the molecule is CC.CC(=O)c1ccc(C)cc1F. The molecule has 1 nitrogen and oxygen atoms in total. The first-order valence-corrected chi connectivity index (χ1v) is 4.38. The Morgan fingerprint density at radius 3 is 2.23 bits per heavy atom. The smallest absolute Gasteiger partial charge is 0.162 e. The van der Waals surface area contributed by atoms with Crippen molar-refractivity contribution < 1.29 is 9.18 Å². The molecule has 13 heavy (non-hydrogen) atoms. The van der Waals surface area contributed by atoms with Crippen molar-refractivity contribution in [3.8, 4) is 0 Å². The number of hydrogen-bond donors (Lipinski definition) is 0. The van der Waals surface area contributed by atoms with Crippen molar-refractivity contribution >= 4 is 5.78 Å². The predicted octanol–water partition coefficient (Wildman–Crippen LogP) is 3.36. The van der Waals surface area contributed by atoms with Gasteiger partial charge in [0.05, 0.1) is 5.56 Å². The normalized spacial score (nSPS) is 8.69. The molecule has 0 radical (unpaired) electrons. The third-order valence-electron chi connectivity index (χ3n) is 1.50. The van der Waals surface area contributed by atoms with Gasteiger partial charge in [-0.3, -0.25) is 4.79 Å². The van der Waals surface area contributed by atoms with Crippen LogP contribution in [0.3, 0.4) is 0 Å². The molecule has 0 saturated carbocycles. The first kappa shape index (κ1) is 11.8. The lowest BCUT2D eigenvalue weighted by Crippen LogP contribution is -1.96. The summed E-state index contributed by atoms with van der Waals surface area (Å²) < 4.78 is 12.9. The topological polar surface area (TPSA) is 17.1 Å². The summed E-state index contributed by atoms with van der Waals surface area (Å²) in [5, 5.41) is 0. The zero-order chi connectivity index (χ0) is 10.4. The van der Waals surface area contributed by atoms with Gasteiger partial charge in [-0.1, -0.05) is 19.9 Å². The van der Waals surface area contributed by atoms with Crippen molar-refractivity contribution in [2.45, 2.75) is 27.7 Å². The summed E-state index contributed by atoms with van der Waals surface area (Å²) in [6, 6.07) is 4.59. The van der Waals surface area contributed by atoms with E-state index in [-0.39, 0.29) is 11.3 Å². The number of hydrogen-bond acceptors (Lipinski definition) is 1. The van der Waals surface area contributed by atoms with Gasteiger partial charge in [0.25, 0.3) is 0 Å². The first-order chi connectivity index (χ1) is 6.11. The maximum Gasteiger partial charge on any atom is 0.162 e. The van der Waals surface area contributed by atoms with Gasteiger partial charge in [0.1, 0.15) is 5.82 Å². The molecule has 0 fully saturated rings. The van der Waals surface area contributed by atoms with E-state index in [4.69, 9.17) is 0 Å². The maximum atomic E-state index is 12.9. The van der Waals surface area contributed by atoms with E-state index in [9.17, 15) is 9.18 Å². The van der Waals surface area contributed by atoms with Crippen molar-refractivity contribution in [1.82, 2.24) is 0 Å². The molecule has 0 unspecified atom stereocenters. The summed E-state index contributed by atoms with van der Waals surface area (Å²) in [6.45, 7) is 7.14. The molecule has 2 heteroatoms. The molecule has 0 saturated heterocycles. The summed E-state index contributed by atoms with van der Waals surface area (Å²) in [7, 11) is 0. The highest BCUT2D eigenvalue weighted by molar-refractivity contribution is 5.94. The van der Waals surface area contributed by atoms with Crippen molar-refractivity contribution in [2.24, 2.45) is 0 Å². The largest absolute Gasteiger partial charge is 0.294 e. The van der Waals surface area contributed by atoms with Gasteiger partial charge in [-0.2, -0.15) is 0 Å². The summed E-state index contributed by atoms with van der Waals surface area (Å²) in [4.78, 5) is 10.7. The zero-order valence-corrected chi connectivity index (χ0v) is 8.52. The van der Waals surface area contributed by atoms with E-state index < -0.39 is 5.82 Å². The third kappa shape index (κ3) is 3.36. The van der Waals surface area contributed by atoms with Crippen LogP contribution < -0.4 is 0 Å². The fraction of sp³-hybridized carbons (Fsp3) is 0.364. The number of carbonyl (C=O) groups is 1. The quantitative estimate of drug-likeness (QED) is 0.608. The van der Waals surface area contributed by atoms with Crippen LogP contribution in [0.4, 0.5) is 4.39 Å². The Balaban J connectivity index is 0.000000671. The van der Waals surface area contributed by atoms with E-state index in [1.54, 1.807) is 13.0 Å². The van der Waals surface area contributed by atoms with Crippen LogP contribution in [0, 0.1) is 12.7 Å². The minimum absolute atomic E-state index is 0.163. The summed E-state index contributed by atoms with van der Waals surface area (Å²) in [5.74, 6) is -0.667. The van der Waals surface area contributed by atoms with E-state index in [1.165, 1.54) is 19.1 Å². The van der Waals surface area contributed by atoms with Crippen LogP contribution in [0.2, 0.25) is 0 Å². The molecule has 72 valence electrons. The minimum Gasteiger partial charge on any atom is -0.294 e. The number of aryl methyl sites for hydroxylation is 1. The lowest BCUT2D eigenvalue weighted by Gasteiger charge is -1.98. The molecule has 0 bridgehead atoms. The van der Waals surface area contributed by atoms with Crippen LogP contribution in [-0.2, 0) is 0 Å². The molecule has 1 aromatic carbocycles. The van der Waals surface area contributed by atoms with Gasteiger partial charge >= 0.3 is 0 Å². The molecular weight excluding hydrogens is 167 g/mol. The zero-order valence-electron chi connectivity index (χ0n) is 8.52. The highest BCUT2D eigenvalue weighted by Crippen LogP contribution is 2.09. The van der Waals surface area contributed by atoms with Crippen LogP contribution in [0.1, 0.15) is 36.7 Å². The van der Waals surface area contributed by atoms with E-state index in [0.717, 1.165) is 5.56 Å². The molecule has 1 aromatic rings. The Hall–Kier alpha value is -1.18. The third-order valence-corrected chi connectivity index (χ3v) is 1.50. The van der Waals surface area contributed by atoms with E-state index in [0.29, 0.717) is 0 Å². The Morgan fingerprint density at radius 2 is 1.85 bits per heavy atom. The van der Waals surface area contributed by atoms with E-state index >= 15 is 0 Å². The van der Waals surface area contributed by atoms with Crippen LogP contribution in [0.15, 0.2) is 18.2 Å². The Bertz CT molecular complexity index is 292. The molecule has 0 aromatic heterocycles. The van der Waals surface area contributed by atoms with Crippen LogP contribution in [-0.4, -0.2) is 5.78 Å². The Morgan fingerprint density at radius 1 is 1.31 bits per heavy atom. The van der Waals surface area contributed by atoms with Gasteiger partial charge in [-0.05, 0) is 31.5 Å². The minimum atomic E-state index is -0.433. The molecule has 0 amide bonds. The average Bonchev–Trinajstić information content (AvgIpc) is 2.07. The van der Waals surface area contributed by atoms with Crippen molar-refractivity contribution in [2.75, 3.05) is 0 Å². The van der Waals surface area contributed by atoms with Crippen molar-refractivity contribution in [1.29, 1.82) is 0 Å². The number of rotatable bonds is 1. The molecule has 0 atom stereocenters. The Kier molecular flexibility index (Phi) is 4.97. The van der Waals surface area contributed by atoms with E-state index in [1.807, 2.05) is 13.8 Å². The summed E-state index contributed by atoms with van der Waals surface area (Å²) in [6.07, 6.45) is 0. The number of benzene rings is 1. The second-order valence-corrected chi connectivity index (χ2v) is 2.54. The molecule has 0 aliphatic heterocycles. The summed E-state index contributed by atoms with van der Waals surface area (Å²) in [5.41, 5.74) is 0.989. The average molecular weight is 182 g/mol. The lowest BCUT2D eigenvalue weighted by atomic mass is 10.1. The van der Waals surface area contributed by atoms with Gasteiger partial charge in [0.15, 0.2) is 5.78 Å². The second kappa shape index (κ2) is 5.46. The van der Waals surface area contributed by atoms with Gasteiger partial charge in [0.2, 0.25) is 0 Å². The van der Waals surface area contributed by atoms with E-state index in [2.05, 4.69) is 0 Å². The highest BCUT2D eigenvalue weighted by Gasteiger charge is 2.05. The first-order valence-electron chi connectivity index (χ1n) is 4.38. The molecule has 0 aliphatic rings. The van der Waals surface area contributed by atoms with Crippen molar-refractivity contribution in [3.05, 3.63) is 35.1 Å². The molecular formula is C11H15FO. The standard InChI is InChI=1S/C9H9FO.C2H6/c1-6-3-4-8(7(2)11)9(10)5-6;1-2/h3-5H,1-2H3;1-2H3. The maximum absolute atomic E-state index is 12.9. The number of halogens is 1. The Labute approximate surface area is 78.6 Å². The lowest BCUT2D eigenvalue weighted by molar-refractivity contribution is 0.101. The molecule has 0 heterocycles. The van der Waals surface area contributed by atoms with Crippen LogP contribution in [0.25, 0.3) is 0 Å². The number of Topliss-reactive ketones (excluding diaryl/α,β-unsaturated/α-hetero) is 1. The van der Waals surface area contributed by atoms with Gasteiger partial charge < -0.3 is 0 Å². The van der Waals surface area contributed by atoms with Crippen LogP contribution in [0.5, 0.6) is 0 Å². The fourth-order valence-electron chi connectivity index (χ4n) is 0.906.